The number of non-ortho nitro benzene ring substituents is 1. The molecule has 0 spiro atoms. The van der Waals surface area contributed by atoms with Crippen LogP contribution >= 0.6 is 0 Å². The molecule has 1 aliphatic carbocycles. The molecule has 1 aromatic heterocycles. The van der Waals surface area contributed by atoms with Crippen LogP contribution in [0.25, 0.3) is 5.69 Å². The zero-order valence-corrected chi connectivity index (χ0v) is 16.1. The Morgan fingerprint density at radius 2 is 1.81 bits per heavy atom. The van der Waals surface area contributed by atoms with Crippen molar-refractivity contribution in [1.29, 1.82) is 0 Å². The first kappa shape index (κ1) is 20.6. The maximum Gasteiger partial charge on any atom is 0.435 e. The van der Waals surface area contributed by atoms with Gasteiger partial charge >= 0.3 is 6.18 Å². The largest absolute Gasteiger partial charge is 0.435 e. The molecule has 10 heteroatoms. The number of halogens is 3. The number of aromatic nitrogens is 2. The van der Waals surface area contributed by atoms with E-state index < -0.39 is 22.7 Å². The van der Waals surface area contributed by atoms with Crippen molar-refractivity contribution in [2.24, 2.45) is 0 Å². The molecule has 3 aromatic rings. The number of fused-ring (bicyclic) bond motifs is 1. The highest BCUT2D eigenvalue weighted by atomic mass is 19.4. The van der Waals surface area contributed by atoms with Gasteiger partial charge in [0.2, 0.25) is 0 Å². The Hall–Kier alpha value is -3.69. The van der Waals surface area contributed by atoms with Gasteiger partial charge < -0.3 is 5.32 Å². The van der Waals surface area contributed by atoms with Crippen LogP contribution < -0.4 is 5.32 Å². The first-order valence-electron chi connectivity index (χ1n) is 9.58. The first-order valence-corrected chi connectivity index (χ1v) is 9.58. The molecular weight excluding hydrogens is 413 g/mol. The van der Waals surface area contributed by atoms with Gasteiger partial charge in [0.25, 0.3) is 11.6 Å². The maximum atomic E-state index is 13.4. The van der Waals surface area contributed by atoms with E-state index in [1.54, 1.807) is 0 Å². The van der Waals surface area contributed by atoms with E-state index in [1.165, 1.54) is 53.2 Å². The van der Waals surface area contributed by atoms with Gasteiger partial charge in [-0.25, -0.2) is 4.68 Å². The number of nitro groups is 1. The van der Waals surface area contributed by atoms with Crippen LogP contribution in [-0.4, -0.2) is 20.6 Å². The van der Waals surface area contributed by atoms with Crippen LogP contribution in [0.4, 0.5) is 24.5 Å². The topological polar surface area (TPSA) is 90.1 Å². The lowest BCUT2D eigenvalue weighted by molar-refractivity contribution is -0.384. The fraction of sp³-hybridized carbons (Fsp3) is 0.238. The number of rotatable bonds is 4. The highest BCUT2D eigenvalue weighted by molar-refractivity contribution is 6.04. The van der Waals surface area contributed by atoms with Crippen LogP contribution in [0.1, 0.15) is 40.2 Å². The SMILES string of the molecule is O=C(Nc1cccc([N+](=O)[O-])c1)c1ccc(-n2nc(C(F)(F)F)c3c2CCCC3)cc1. The number of amides is 1. The number of hydrogen-bond acceptors (Lipinski definition) is 4. The third kappa shape index (κ3) is 4.14. The van der Waals surface area contributed by atoms with Crippen molar-refractivity contribution in [3.05, 3.63) is 81.2 Å². The molecule has 0 bridgehead atoms. The molecule has 1 aliphatic rings. The van der Waals surface area contributed by atoms with Gasteiger partial charge in [-0.2, -0.15) is 18.3 Å². The quantitative estimate of drug-likeness (QED) is 0.469. The fourth-order valence-corrected chi connectivity index (χ4v) is 3.69. The number of benzene rings is 2. The third-order valence-corrected chi connectivity index (χ3v) is 5.14. The predicted molar refractivity (Wildman–Crippen MR) is 106 cm³/mol. The summed E-state index contributed by atoms with van der Waals surface area (Å²) in [7, 11) is 0. The van der Waals surface area contributed by atoms with E-state index in [0.29, 0.717) is 30.6 Å². The average Bonchev–Trinajstić information content (AvgIpc) is 3.14. The lowest BCUT2D eigenvalue weighted by atomic mass is 9.95. The number of carbonyl (C=O) groups excluding carboxylic acids is 1. The number of nitro benzene ring substituents is 1. The molecule has 0 saturated carbocycles. The summed E-state index contributed by atoms with van der Waals surface area (Å²) in [6.07, 6.45) is -2.19. The minimum Gasteiger partial charge on any atom is -0.322 e. The second kappa shape index (κ2) is 7.86. The Labute approximate surface area is 174 Å². The molecule has 1 heterocycles. The van der Waals surface area contributed by atoms with Crippen LogP contribution in [0.3, 0.4) is 0 Å². The third-order valence-electron chi connectivity index (χ3n) is 5.14. The fourth-order valence-electron chi connectivity index (χ4n) is 3.69. The minimum atomic E-state index is -4.52. The van der Waals surface area contributed by atoms with E-state index in [0.717, 1.165) is 6.42 Å². The van der Waals surface area contributed by atoms with Gasteiger partial charge in [-0.1, -0.05) is 6.07 Å². The molecule has 2 aromatic carbocycles. The highest BCUT2D eigenvalue weighted by Crippen LogP contribution is 2.36. The van der Waals surface area contributed by atoms with Gasteiger partial charge in [0.05, 0.1) is 10.6 Å². The first-order chi connectivity index (χ1) is 14.7. The Kier molecular flexibility index (Phi) is 5.22. The summed E-state index contributed by atoms with van der Waals surface area (Å²) >= 11 is 0. The normalized spacial score (nSPS) is 13.5. The summed E-state index contributed by atoms with van der Waals surface area (Å²) in [5.41, 5.74) is 0.734. The summed E-state index contributed by atoms with van der Waals surface area (Å²) in [4.78, 5) is 22.8. The molecular formula is C21H17F3N4O3. The van der Waals surface area contributed by atoms with Crippen molar-refractivity contribution < 1.29 is 22.9 Å². The maximum absolute atomic E-state index is 13.4. The van der Waals surface area contributed by atoms with Gasteiger partial charge in [0, 0.05) is 34.6 Å². The van der Waals surface area contributed by atoms with Crippen LogP contribution in [-0.2, 0) is 19.0 Å². The van der Waals surface area contributed by atoms with Crippen molar-refractivity contribution in [3.63, 3.8) is 0 Å². The summed E-state index contributed by atoms with van der Waals surface area (Å²) in [6.45, 7) is 0. The van der Waals surface area contributed by atoms with E-state index in [2.05, 4.69) is 10.4 Å². The van der Waals surface area contributed by atoms with Crippen molar-refractivity contribution in [2.45, 2.75) is 31.9 Å². The molecule has 4 rings (SSSR count). The molecule has 0 saturated heterocycles. The second-order valence-corrected chi connectivity index (χ2v) is 7.20. The predicted octanol–water partition coefficient (Wildman–Crippen LogP) is 4.93. The van der Waals surface area contributed by atoms with Crippen molar-refractivity contribution in [3.8, 4) is 5.69 Å². The van der Waals surface area contributed by atoms with Crippen LogP contribution in [0.15, 0.2) is 48.5 Å². The van der Waals surface area contributed by atoms with E-state index in [9.17, 15) is 28.1 Å². The van der Waals surface area contributed by atoms with Crippen LogP contribution in [0, 0.1) is 10.1 Å². The van der Waals surface area contributed by atoms with Gasteiger partial charge in [-0.3, -0.25) is 14.9 Å². The lowest BCUT2D eigenvalue weighted by Crippen LogP contribution is -2.12. The Bertz CT molecular complexity index is 1150. The molecule has 0 aliphatic heterocycles. The number of nitrogens with zero attached hydrogens (tertiary/aromatic N) is 3. The highest BCUT2D eigenvalue weighted by Gasteiger charge is 2.39. The number of anilines is 1. The van der Waals surface area contributed by atoms with E-state index in [4.69, 9.17) is 0 Å². The molecule has 1 amide bonds. The smallest absolute Gasteiger partial charge is 0.322 e. The number of carbonyl (C=O) groups is 1. The Morgan fingerprint density at radius 1 is 1.10 bits per heavy atom. The van der Waals surface area contributed by atoms with E-state index in [1.807, 2.05) is 0 Å². The zero-order chi connectivity index (χ0) is 22.2. The minimum absolute atomic E-state index is 0.155. The monoisotopic (exact) mass is 430 g/mol. The standard InChI is InChI=1S/C21H17F3N4O3/c22-21(23,24)19-17-6-1-2-7-18(17)27(26-19)15-10-8-13(9-11-15)20(29)25-14-4-3-5-16(12-14)28(30)31/h3-5,8-12H,1-2,6-7H2,(H,25,29). The summed E-state index contributed by atoms with van der Waals surface area (Å²) in [6, 6.07) is 11.5. The average molecular weight is 430 g/mol. The van der Waals surface area contributed by atoms with Gasteiger partial charge in [0.1, 0.15) is 0 Å². The van der Waals surface area contributed by atoms with Crippen LogP contribution in [0.5, 0.6) is 0 Å². The van der Waals surface area contributed by atoms with E-state index >= 15 is 0 Å². The van der Waals surface area contributed by atoms with Crippen LogP contribution in [0.2, 0.25) is 0 Å². The van der Waals surface area contributed by atoms with Crippen molar-refractivity contribution in [2.75, 3.05) is 5.32 Å². The Balaban J connectivity index is 1.59. The second-order valence-electron chi connectivity index (χ2n) is 7.20. The lowest BCUT2D eigenvalue weighted by Gasteiger charge is -2.15. The van der Waals surface area contributed by atoms with Gasteiger partial charge in [-0.05, 0) is 56.0 Å². The molecule has 0 atom stereocenters. The van der Waals surface area contributed by atoms with Crippen molar-refractivity contribution >= 4 is 17.3 Å². The molecule has 0 radical (unpaired) electrons. The molecule has 0 fully saturated rings. The van der Waals surface area contributed by atoms with Crippen molar-refractivity contribution in [1.82, 2.24) is 9.78 Å². The molecule has 0 unspecified atom stereocenters. The molecule has 160 valence electrons. The summed E-state index contributed by atoms with van der Waals surface area (Å²) in [5, 5.41) is 17.3. The number of alkyl halides is 3. The Morgan fingerprint density at radius 3 is 2.48 bits per heavy atom. The van der Waals surface area contributed by atoms with Gasteiger partial charge in [0.15, 0.2) is 5.69 Å². The molecule has 31 heavy (non-hydrogen) atoms. The number of hydrogen-bond donors (Lipinski definition) is 1. The van der Waals surface area contributed by atoms with E-state index in [-0.39, 0.29) is 22.5 Å². The summed E-state index contributed by atoms with van der Waals surface area (Å²) in [5.74, 6) is -0.495. The van der Waals surface area contributed by atoms with Gasteiger partial charge in [-0.15, -0.1) is 0 Å². The summed E-state index contributed by atoms with van der Waals surface area (Å²) < 4.78 is 41.5. The molecule has 1 N–H and O–H groups in total. The zero-order valence-electron chi connectivity index (χ0n) is 16.1. The number of nitrogens with one attached hydrogen (secondary N) is 1. The molecule has 7 nitrogen and oxygen atoms in total.